The molecule has 24 heteroatoms. The van der Waals surface area contributed by atoms with Crippen LogP contribution in [0.2, 0.25) is 0 Å². The molecular formula is C52H73ClN10O11S2. The molecule has 4 aliphatic heterocycles. The second kappa shape index (κ2) is 24.9. The minimum absolute atomic E-state index is 0. The van der Waals surface area contributed by atoms with Gasteiger partial charge in [-0.1, -0.05) is 49.2 Å². The molecule has 0 saturated carbocycles. The van der Waals surface area contributed by atoms with E-state index in [1.165, 1.54) is 25.9 Å². The number of carbonyl (C=O) groups is 4. The van der Waals surface area contributed by atoms with Crippen molar-refractivity contribution in [3.8, 4) is 0 Å². The lowest BCUT2D eigenvalue weighted by atomic mass is 9.86. The zero-order chi connectivity index (χ0) is 55.2. The summed E-state index contributed by atoms with van der Waals surface area (Å²) in [7, 11) is -7.32. The van der Waals surface area contributed by atoms with E-state index in [-0.39, 0.29) is 65.5 Å². The maximum Gasteiger partial charge on any atom is 0.410 e. The monoisotopic (exact) mass is 1110 g/mol. The van der Waals surface area contributed by atoms with Gasteiger partial charge in [-0.2, -0.15) is 0 Å². The topological polar surface area (TPSA) is 278 Å². The number of sulfonamides is 2. The summed E-state index contributed by atoms with van der Waals surface area (Å²) in [4.78, 5) is 69.4. The Bertz CT molecular complexity index is 2940. The molecule has 3 amide bonds. The van der Waals surface area contributed by atoms with Gasteiger partial charge in [0.05, 0.1) is 63.3 Å². The first-order chi connectivity index (χ1) is 35.1. The number of benzene rings is 2. The van der Waals surface area contributed by atoms with Crippen molar-refractivity contribution in [1.29, 1.82) is 0 Å². The van der Waals surface area contributed by atoms with Gasteiger partial charge in [-0.3, -0.25) is 19.6 Å². The van der Waals surface area contributed by atoms with Crippen LogP contribution in [-0.2, 0) is 65.0 Å². The first kappa shape index (κ1) is 60.7. The van der Waals surface area contributed by atoms with Crippen molar-refractivity contribution in [2.24, 2.45) is 29.4 Å². The Labute approximate surface area is 452 Å². The number of likely N-dealkylation sites (tertiary alicyclic amines) is 2. The number of hydrogen-bond donors (Lipinski definition) is 3. The lowest BCUT2D eigenvalue weighted by Gasteiger charge is -2.36. The molecule has 4 atom stereocenters. The van der Waals surface area contributed by atoms with Crippen LogP contribution < -0.4 is 19.7 Å². The van der Waals surface area contributed by atoms with Gasteiger partial charge in [0.15, 0.2) is 11.6 Å². The SMILES string of the molecule is C[C@@H]1CCN(C(=O)OC(C)(C)C)C[C@@H]1C(=O)O.Cc1ccc(S(=O)(=O)N2CCc3nc(CN)cnc32)cc1.Cc1ccc(S(=O)(=O)N2CCc3nc(CNC(=O)[C@H]4CN(C(=O)OC(C)(C)C)CC[C@H]4C)cnc32)cc1.Cl. The van der Waals surface area contributed by atoms with Crippen LogP contribution in [0.1, 0.15) is 102 Å². The first-order valence-electron chi connectivity index (χ1n) is 25.1. The number of aliphatic carboxylic acids is 1. The van der Waals surface area contributed by atoms with E-state index in [9.17, 15) is 36.0 Å². The van der Waals surface area contributed by atoms with Gasteiger partial charge in [0.25, 0.3) is 20.0 Å². The number of ether oxygens (including phenoxy) is 2. The van der Waals surface area contributed by atoms with Crippen molar-refractivity contribution < 1.29 is 50.6 Å². The predicted molar refractivity (Wildman–Crippen MR) is 288 cm³/mol. The van der Waals surface area contributed by atoms with Gasteiger partial charge < -0.3 is 35.4 Å². The van der Waals surface area contributed by atoms with Crippen molar-refractivity contribution in [3.63, 3.8) is 0 Å². The molecule has 0 spiro atoms. The number of amides is 3. The fraction of sp³-hybridized carbons (Fsp3) is 0.538. The highest BCUT2D eigenvalue weighted by molar-refractivity contribution is 7.93. The summed E-state index contributed by atoms with van der Waals surface area (Å²) < 4.78 is 65.0. The van der Waals surface area contributed by atoms with E-state index in [0.717, 1.165) is 11.1 Å². The fourth-order valence-corrected chi connectivity index (χ4v) is 11.6. The zero-order valence-corrected chi connectivity index (χ0v) is 47.4. The van der Waals surface area contributed by atoms with Crippen molar-refractivity contribution >= 4 is 68.2 Å². The molecule has 2 fully saturated rings. The maximum absolute atomic E-state index is 13.1. The highest BCUT2D eigenvalue weighted by Gasteiger charge is 2.38. The van der Waals surface area contributed by atoms with Gasteiger partial charge in [-0.25, -0.2) is 45.0 Å². The standard InChI is InChI=1S/C26H35N5O5S.C14H16N4O2S.C12H21NO4.ClH/c1-17-6-8-20(9-7-17)37(34,35)31-13-11-22-23(31)27-14-19(29-22)15-28-24(32)21-16-30(12-10-18(21)2)25(33)36-26(3,4)5;1-10-2-4-12(5-3-10)21(19,20)18-7-6-13-14(18)16-9-11(8-15)17-13;1-8-5-6-13(7-9(8)10(14)15)11(16)17-12(2,3)4;/h6-9,14,18,21H,10-13,15-16H2,1-5H3,(H,28,32);2-5,9H,6-8,15H2,1H3;8-9H,5-7H2,1-4H3,(H,14,15);1H/t18-,21+;;8-,9+;/m1.1./s1. The minimum Gasteiger partial charge on any atom is -0.481 e. The molecule has 8 rings (SSSR count). The third-order valence-electron chi connectivity index (χ3n) is 13.1. The summed E-state index contributed by atoms with van der Waals surface area (Å²) in [5.41, 5.74) is 8.89. The highest BCUT2D eigenvalue weighted by atomic mass is 35.5. The van der Waals surface area contributed by atoms with Crippen LogP contribution in [0.4, 0.5) is 21.2 Å². The number of carboxylic acids is 1. The third-order valence-corrected chi connectivity index (χ3v) is 16.7. The normalized spacial score (nSPS) is 19.4. The molecular weight excluding hydrogens is 1040 g/mol. The number of rotatable bonds is 9. The van der Waals surface area contributed by atoms with Crippen LogP contribution in [0.3, 0.4) is 0 Å². The number of hydrogen-bond acceptors (Lipinski definition) is 15. The molecule has 4 aliphatic rings. The smallest absolute Gasteiger partial charge is 0.410 e. The lowest BCUT2D eigenvalue weighted by Crippen LogP contribution is -2.49. The Balaban J connectivity index is 0.000000231. The number of fused-ring (bicyclic) bond motifs is 2. The van der Waals surface area contributed by atoms with E-state index in [1.807, 2.05) is 48.5 Å². The molecule has 0 aliphatic carbocycles. The van der Waals surface area contributed by atoms with E-state index in [1.54, 1.807) is 74.2 Å². The van der Waals surface area contributed by atoms with Crippen LogP contribution >= 0.6 is 12.4 Å². The number of anilines is 2. The van der Waals surface area contributed by atoms with Gasteiger partial charge >= 0.3 is 18.2 Å². The molecule has 2 aromatic carbocycles. The van der Waals surface area contributed by atoms with Crippen LogP contribution in [0, 0.1) is 37.5 Å². The van der Waals surface area contributed by atoms with Crippen molar-refractivity contribution in [2.45, 2.75) is 129 Å². The van der Waals surface area contributed by atoms with E-state index >= 15 is 0 Å². The Kier molecular flexibility index (Phi) is 19.9. The lowest BCUT2D eigenvalue weighted by molar-refractivity contribution is -0.145. The second-order valence-corrected chi connectivity index (χ2v) is 25.1. The Morgan fingerprint density at radius 2 is 1.05 bits per heavy atom. The average Bonchev–Trinajstić information content (AvgIpc) is 3.98. The number of nitrogens with two attached hydrogens (primary N) is 1. The van der Waals surface area contributed by atoms with Gasteiger partial charge in [0.1, 0.15) is 11.2 Å². The number of aromatic nitrogens is 4. The number of nitrogens with zero attached hydrogens (tertiary/aromatic N) is 8. The highest BCUT2D eigenvalue weighted by Crippen LogP contribution is 2.32. The van der Waals surface area contributed by atoms with Crippen LogP contribution in [0.5, 0.6) is 0 Å². The Morgan fingerprint density at radius 3 is 1.46 bits per heavy atom. The van der Waals surface area contributed by atoms with Crippen LogP contribution in [0.25, 0.3) is 0 Å². The molecule has 6 heterocycles. The van der Waals surface area contributed by atoms with Gasteiger partial charge in [0.2, 0.25) is 5.91 Å². The number of piperidine rings is 2. The number of halogens is 1. The molecule has 0 unspecified atom stereocenters. The van der Waals surface area contributed by atoms with Crippen LogP contribution in [-0.4, -0.2) is 126 Å². The van der Waals surface area contributed by atoms with Gasteiger partial charge in [-0.05, 0) is 104 Å². The Hall–Kier alpha value is -6.17. The van der Waals surface area contributed by atoms with E-state index in [2.05, 4.69) is 25.3 Å². The van der Waals surface area contributed by atoms with E-state index in [4.69, 9.17) is 20.3 Å². The predicted octanol–water partition coefficient (Wildman–Crippen LogP) is 6.43. The van der Waals surface area contributed by atoms with Gasteiger partial charge in [0, 0.05) is 58.7 Å². The largest absolute Gasteiger partial charge is 0.481 e. The molecule has 4 N–H and O–H groups in total. The van der Waals surface area contributed by atoms with Crippen molar-refractivity contribution in [2.75, 3.05) is 47.9 Å². The first-order valence-corrected chi connectivity index (χ1v) is 28.0. The number of nitrogens with one attached hydrogen (secondary N) is 1. The molecule has 21 nitrogen and oxygen atoms in total. The molecule has 2 saturated heterocycles. The summed E-state index contributed by atoms with van der Waals surface area (Å²) in [6.07, 6.45) is 4.61. The van der Waals surface area contributed by atoms with Crippen LogP contribution in [0.15, 0.2) is 70.7 Å². The summed E-state index contributed by atoms with van der Waals surface area (Å²) >= 11 is 0. The quantitative estimate of drug-likeness (QED) is 0.163. The minimum atomic E-state index is -3.73. The molecule has 4 aromatic rings. The van der Waals surface area contributed by atoms with Gasteiger partial charge in [-0.15, -0.1) is 12.4 Å². The number of aryl methyl sites for hydroxylation is 2. The second-order valence-electron chi connectivity index (χ2n) is 21.4. The number of carbonyl (C=O) groups excluding carboxylic acids is 3. The molecule has 2 aromatic heterocycles. The molecule has 76 heavy (non-hydrogen) atoms. The average molecular weight is 1110 g/mol. The molecule has 0 radical (unpaired) electrons. The zero-order valence-electron chi connectivity index (χ0n) is 45.0. The van der Waals surface area contributed by atoms with Crippen molar-refractivity contribution in [1.82, 2.24) is 35.1 Å². The maximum atomic E-state index is 13.1. The summed E-state index contributed by atoms with van der Waals surface area (Å²) in [6.45, 7) is 21.3. The number of carboxylic acid groups (broad SMARTS) is 1. The Morgan fingerprint density at radius 1 is 0.658 bits per heavy atom. The molecule has 416 valence electrons. The van der Waals surface area contributed by atoms with Crippen molar-refractivity contribution in [3.05, 3.63) is 94.8 Å². The summed E-state index contributed by atoms with van der Waals surface area (Å²) in [5, 5.41) is 12.0. The van der Waals surface area contributed by atoms with E-state index in [0.29, 0.717) is 92.8 Å². The summed E-state index contributed by atoms with van der Waals surface area (Å²) in [5.74, 6) is -0.902. The third kappa shape index (κ3) is 15.3. The molecule has 0 bridgehead atoms. The fourth-order valence-electron chi connectivity index (χ4n) is 8.72. The summed E-state index contributed by atoms with van der Waals surface area (Å²) in [6, 6.07) is 13.5. The van der Waals surface area contributed by atoms with E-state index < -0.39 is 55.3 Å².